The number of fused-ring (bicyclic) bond motifs is 8. The predicted molar refractivity (Wildman–Crippen MR) is 245 cm³/mol. The Morgan fingerprint density at radius 2 is 0.867 bits per heavy atom. The molecule has 0 N–H and O–H groups in total. The first-order valence-electron chi connectivity index (χ1n) is 20.1. The van der Waals surface area contributed by atoms with Crippen LogP contribution in [0.15, 0.2) is 209 Å². The number of benzene rings is 9. The van der Waals surface area contributed by atoms with Crippen LogP contribution >= 0.6 is 0 Å². The molecule has 5 heteroatoms. The highest BCUT2D eigenvalue weighted by Gasteiger charge is 2.22. The Balaban J connectivity index is 1.13. The lowest BCUT2D eigenvalue weighted by Crippen LogP contribution is -2.02. The normalized spacial score (nSPS) is 11.7. The van der Waals surface area contributed by atoms with Crippen molar-refractivity contribution in [3.63, 3.8) is 0 Å². The minimum Gasteiger partial charge on any atom is -0.456 e. The number of aromatic nitrogens is 3. The van der Waals surface area contributed by atoms with Crippen LogP contribution in [0, 0.1) is 0 Å². The third-order valence-electron chi connectivity index (χ3n) is 11.5. The van der Waals surface area contributed by atoms with Gasteiger partial charge in [0.05, 0.1) is 0 Å². The Labute approximate surface area is 344 Å². The molecule has 0 spiro atoms. The highest BCUT2D eigenvalue weighted by molar-refractivity contribution is 6.19. The van der Waals surface area contributed by atoms with Crippen molar-refractivity contribution in [2.45, 2.75) is 0 Å². The summed E-state index contributed by atoms with van der Waals surface area (Å²) >= 11 is 0. The van der Waals surface area contributed by atoms with Crippen LogP contribution in [0.5, 0.6) is 0 Å². The van der Waals surface area contributed by atoms with Crippen LogP contribution in [-0.4, -0.2) is 15.0 Å². The van der Waals surface area contributed by atoms with Crippen molar-refractivity contribution in [3.8, 4) is 67.5 Å². The molecule has 3 aromatic heterocycles. The predicted octanol–water partition coefficient (Wildman–Crippen LogP) is 14.8. The van der Waals surface area contributed by atoms with E-state index in [0.717, 1.165) is 99.3 Å². The lowest BCUT2D eigenvalue weighted by molar-refractivity contribution is 0.668. The number of hydrogen-bond donors (Lipinski definition) is 0. The van der Waals surface area contributed by atoms with Gasteiger partial charge in [-0.2, -0.15) is 0 Å². The molecular formula is C55H33N3O2. The summed E-state index contributed by atoms with van der Waals surface area (Å²) < 4.78 is 12.8. The molecule has 0 saturated carbocycles. The highest BCUT2D eigenvalue weighted by atomic mass is 16.3. The SMILES string of the molecule is c1ccc(-c2cc(-c3ccc4oc5ccccc5c4c3)c(-c3ccccc3)c(-c3nc(-c4ccccc4)nc(-c4ccc5c(c4)oc4ccc6ccccc6c45)n3)c2)cc1. The van der Waals surface area contributed by atoms with Gasteiger partial charge in [0.25, 0.3) is 0 Å². The van der Waals surface area contributed by atoms with Gasteiger partial charge in [-0.05, 0) is 87.1 Å². The average Bonchev–Trinajstić information content (AvgIpc) is 3.90. The molecule has 280 valence electrons. The van der Waals surface area contributed by atoms with Crippen molar-refractivity contribution in [3.05, 3.63) is 200 Å². The van der Waals surface area contributed by atoms with E-state index in [-0.39, 0.29) is 0 Å². The van der Waals surface area contributed by atoms with Crippen LogP contribution in [0.25, 0.3) is 122 Å². The van der Waals surface area contributed by atoms with E-state index in [1.54, 1.807) is 0 Å². The Kier molecular flexibility index (Phi) is 7.78. The molecule has 3 heterocycles. The summed E-state index contributed by atoms with van der Waals surface area (Å²) in [4.78, 5) is 15.8. The third kappa shape index (κ3) is 5.67. The van der Waals surface area contributed by atoms with E-state index >= 15 is 0 Å². The van der Waals surface area contributed by atoms with E-state index in [2.05, 4.69) is 152 Å². The van der Waals surface area contributed by atoms with Crippen molar-refractivity contribution in [2.75, 3.05) is 0 Å². The molecule has 5 nitrogen and oxygen atoms in total. The maximum atomic E-state index is 6.53. The van der Waals surface area contributed by atoms with E-state index in [0.29, 0.717) is 17.5 Å². The van der Waals surface area contributed by atoms with Crippen molar-refractivity contribution in [1.29, 1.82) is 0 Å². The lowest BCUT2D eigenvalue weighted by atomic mass is 9.86. The minimum atomic E-state index is 0.558. The Hall–Kier alpha value is -8.15. The van der Waals surface area contributed by atoms with Gasteiger partial charge in [0.1, 0.15) is 22.3 Å². The Bertz CT molecular complexity index is 3590. The van der Waals surface area contributed by atoms with E-state index in [4.69, 9.17) is 23.8 Å². The van der Waals surface area contributed by atoms with Crippen molar-refractivity contribution < 1.29 is 8.83 Å². The van der Waals surface area contributed by atoms with Crippen LogP contribution < -0.4 is 0 Å². The first kappa shape index (κ1) is 33.9. The molecule has 60 heavy (non-hydrogen) atoms. The summed E-state index contributed by atoms with van der Waals surface area (Å²) in [5.41, 5.74) is 12.3. The summed E-state index contributed by atoms with van der Waals surface area (Å²) in [7, 11) is 0. The second kappa shape index (κ2) is 13.8. The van der Waals surface area contributed by atoms with Crippen LogP contribution in [-0.2, 0) is 0 Å². The number of nitrogens with zero attached hydrogens (tertiary/aromatic N) is 3. The third-order valence-corrected chi connectivity index (χ3v) is 11.5. The van der Waals surface area contributed by atoms with Crippen molar-refractivity contribution in [2.24, 2.45) is 0 Å². The monoisotopic (exact) mass is 767 g/mol. The standard InChI is InChI=1S/C55H33N3O2/c1-4-14-34(15-5-1)40-31-44(38-26-28-48-45(30-38)42-22-12-13-23-47(42)59-48)51(36-17-6-2-7-18-36)46(32-40)55-57-53(37-19-8-3-9-20-37)56-54(58-55)39-24-27-43-50(33-39)60-49-29-25-35-16-10-11-21-41(35)52(43)49/h1-33H. The zero-order valence-electron chi connectivity index (χ0n) is 32.2. The fraction of sp³-hybridized carbons (Fsp3) is 0. The summed E-state index contributed by atoms with van der Waals surface area (Å²) in [5, 5.41) is 6.65. The van der Waals surface area contributed by atoms with Gasteiger partial charge in [-0.15, -0.1) is 0 Å². The van der Waals surface area contributed by atoms with Crippen molar-refractivity contribution in [1.82, 2.24) is 15.0 Å². The number of hydrogen-bond acceptors (Lipinski definition) is 5. The minimum absolute atomic E-state index is 0.558. The zero-order chi connectivity index (χ0) is 39.6. The topological polar surface area (TPSA) is 65.0 Å². The van der Waals surface area contributed by atoms with E-state index in [1.807, 2.05) is 48.5 Å². The van der Waals surface area contributed by atoms with Gasteiger partial charge in [-0.25, -0.2) is 15.0 Å². The summed E-state index contributed by atoms with van der Waals surface area (Å²) in [6.45, 7) is 0. The molecule has 0 aliphatic heterocycles. The molecule has 0 aliphatic carbocycles. The molecule has 9 aromatic carbocycles. The van der Waals surface area contributed by atoms with E-state index in [9.17, 15) is 0 Å². The summed E-state index contributed by atoms with van der Waals surface area (Å²) in [5.74, 6) is 1.72. The fourth-order valence-corrected chi connectivity index (χ4v) is 8.68. The summed E-state index contributed by atoms with van der Waals surface area (Å²) in [6, 6.07) is 69.3. The number of rotatable bonds is 6. The first-order chi connectivity index (χ1) is 29.7. The fourth-order valence-electron chi connectivity index (χ4n) is 8.68. The zero-order valence-corrected chi connectivity index (χ0v) is 32.2. The van der Waals surface area contributed by atoms with Crippen LogP contribution in [0.1, 0.15) is 0 Å². The van der Waals surface area contributed by atoms with Gasteiger partial charge >= 0.3 is 0 Å². The molecular weight excluding hydrogens is 735 g/mol. The Morgan fingerprint density at radius 1 is 0.283 bits per heavy atom. The molecule has 0 radical (unpaired) electrons. The van der Waals surface area contributed by atoms with Crippen LogP contribution in [0.4, 0.5) is 0 Å². The Morgan fingerprint density at radius 3 is 1.67 bits per heavy atom. The first-order valence-corrected chi connectivity index (χ1v) is 20.1. The van der Waals surface area contributed by atoms with Gasteiger partial charge in [-0.1, -0.05) is 152 Å². The van der Waals surface area contributed by atoms with Gasteiger partial charge in [0.15, 0.2) is 17.5 Å². The van der Waals surface area contributed by atoms with Gasteiger partial charge < -0.3 is 8.83 Å². The molecule has 0 fully saturated rings. The molecule has 0 bridgehead atoms. The maximum Gasteiger partial charge on any atom is 0.164 e. The second-order valence-corrected chi connectivity index (χ2v) is 15.1. The maximum absolute atomic E-state index is 6.53. The van der Waals surface area contributed by atoms with Gasteiger partial charge in [0.2, 0.25) is 0 Å². The molecule has 0 saturated heterocycles. The number of furan rings is 2. The summed E-state index contributed by atoms with van der Waals surface area (Å²) in [6.07, 6.45) is 0. The largest absolute Gasteiger partial charge is 0.456 e. The second-order valence-electron chi connectivity index (χ2n) is 15.1. The quantitative estimate of drug-likeness (QED) is 0.169. The smallest absolute Gasteiger partial charge is 0.164 e. The van der Waals surface area contributed by atoms with Crippen molar-refractivity contribution >= 4 is 54.6 Å². The van der Waals surface area contributed by atoms with Gasteiger partial charge in [0, 0.05) is 43.8 Å². The van der Waals surface area contributed by atoms with E-state index < -0.39 is 0 Å². The lowest BCUT2D eigenvalue weighted by Gasteiger charge is -2.19. The van der Waals surface area contributed by atoms with Crippen LogP contribution in [0.2, 0.25) is 0 Å². The number of para-hydroxylation sites is 1. The highest BCUT2D eigenvalue weighted by Crippen LogP contribution is 2.45. The molecule has 0 atom stereocenters. The average molecular weight is 768 g/mol. The molecule has 12 aromatic rings. The molecule has 12 rings (SSSR count). The van der Waals surface area contributed by atoms with Gasteiger partial charge in [-0.3, -0.25) is 0 Å². The van der Waals surface area contributed by atoms with E-state index in [1.165, 1.54) is 5.39 Å². The molecule has 0 unspecified atom stereocenters. The molecule has 0 aliphatic rings. The molecule has 0 amide bonds. The van der Waals surface area contributed by atoms with Crippen LogP contribution in [0.3, 0.4) is 0 Å².